The molecule has 0 radical (unpaired) electrons. The molecule has 0 spiro atoms. The molecule has 1 aliphatic rings. The van der Waals surface area contributed by atoms with Gasteiger partial charge in [-0.3, -0.25) is 0 Å². The highest BCUT2D eigenvalue weighted by Crippen LogP contribution is 2.33. The number of fused-ring (bicyclic) bond motifs is 1. The second-order valence-electron chi connectivity index (χ2n) is 5.88. The molecular weight excluding hydrogens is 317 g/mol. The van der Waals surface area contributed by atoms with Crippen LogP contribution in [0.5, 0.6) is 0 Å². The fourth-order valence-electron chi connectivity index (χ4n) is 2.89. The Hall–Kier alpha value is -3.30. The van der Waals surface area contributed by atoms with Gasteiger partial charge in [-0.25, -0.2) is 19.8 Å². The zero-order chi connectivity index (χ0) is 17.4. The number of nitriles is 1. The number of rotatable bonds is 2. The van der Waals surface area contributed by atoms with Crippen LogP contribution in [0.15, 0.2) is 48.7 Å². The Balaban J connectivity index is 1.82. The number of hydrogen-bond donors (Lipinski definition) is 2. The van der Waals surface area contributed by atoms with Crippen molar-refractivity contribution in [2.24, 2.45) is 0 Å². The smallest absolute Gasteiger partial charge is 0.163 e. The third kappa shape index (κ3) is 2.61. The second kappa shape index (κ2) is 5.96. The van der Waals surface area contributed by atoms with E-state index in [9.17, 15) is 9.65 Å². The molecule has 3 aromatic rings. The van der Waals surface area contributed by atoms with Crippen molar-refractivity contribution < 1.29 is 4.39 Å². The monoisotopic (exact) mass is 331 g/mol. The van der Waals surface area contributed by atoms with Gasteiger partial charge >= 0.3 is 0 Å². The minimum atomic E-state index is -0.509. The highest BCUT2D eigenvalue weighted by Gasteiger charge is 2.27. The first-order valence-corrected chi connectivity index (χ1v) is 7.81. The van der Waals surface area contributed by atoms with E-state index in [1.54, 1.807) is 12.3 Å². The van der Waals surface area contributed by atoms with Gasteiger partial charge in [-0.1, -0.05) is 35.9 Å². The maximum absolute atomic E-state index is 14.3. The summed E-state index contributed by atoms with van der Waals surface area (Å²) in [6.45, 7) is 2.03. The number of hydrazine groups is 1. The molecule has 0 bridgehead atoms. The Bertz CT molecular complexity index is 992. The van der Waals surface area contributed by atoms with Crippen LogP contribution in [0.1, 0.15) is 28.4 Å². The summed E-state index contributed by atoms with van der Waals surface area (Å²) in [6, 6.07) is 14.3. The van der Waals surface area contributed by atoms with E-state index in [0.29, 0.717) is 0 Å². The largest absolute Gasteiger partial charge is 0.317 e. The van der Waals surface area contributed by atoms with Gasteiger partial charge in [-0.05, 0) is 24.6 Å². The quantitative estimate of drug-likeness (QED) is 0.752. The molecule has 0 amide bonds. The van der Waals surface area contributed by atoms with Gasteiger partial charge in [-0.2, -0.15) is 5.26 Å². The number of aromatic nitrogens is 2. The van der Waals surface area contributed by atoms with Gasteiger partial charge in [0.2, 0.25) is 0 Å². The lowest BCUT2D eigenvalue weighted by molar-refractivity contribution is 0.629. The van der Waals surface area contributed by atoms with Crippen molar-refractivity contribution in [2.75, 3.05) is 5.43 Å². The van der Waals surface area contributed by atoms with Crippen molar-refractivity contribution >= 4 is 5.69 Å². The van der Waals surface area contributed by atoms with Crippen molar-refractivity contribution in [3.05, 3.63) is 76.9 Å². The summed E-state index contributed by atoms with van der Waals surface area (Å²) in [7, 11) is 0. The van der Waals surface area contributed by atoms with Crippen LogP contribution in [-0.4, -0.2) is 9.97 Å². The van der Waals surface area contributed by atoms with Crippen LogP contribution in [0.25, 0.3) is 11.4 Å². The lowest BCUT2D eigenvalue weighted by Crippen LogP contribution is -2.19. The molecule has 25 heavy (non-hydrogen) atoms. The summed E-state index contributed by atoms with van der Waals surface area (Å²) in [5, 5.41) is 9.26. The van der Waals surface area contributed by atoms with Gasteiger partial charge in [0.15, 0.2) is 5.82 Å². The zero-order valence-corrected chi connectivity index (χ0v) is 13.4. The molecule has 2 N–H and O–H groups in total. The fourth-order valence-corrected chi connectivity index (χ4v) is 2.89. The molecule has 4 rings (SSSR count). The number of aryl methyl sites for hydroxylation is 1. The fraction of sp³-hybridized carbons (Fsp3) is 0.105. The van der Waals surface area contributed by atoms with Crippen LogP contribution in [-0.2, 0) is 0 Å². The van der Waals surface area contributed by atoms with E-state index in [2.05, 4.69) is 20.8 Å². The first-order chi connectivity index (χ1) is 12.2. The first-order valence-electron chi connectivity index (χ1n) is 7.81. The van der Waals surface area contributed by atoms with Crippen LogP contribution in [0.3, 0.4) is 0 Å². The number of nitrogens with one attached hydrogen (secondary N) is 2. The van der Waals surface area contributed by atoms with Crippen molar-refractivity contribution in [1.29, 1.82) is 5.26 Å². The van der Waals surface area contributed by atoms with Crippen LogP contribution >= 0.6 is 0 Å². The predicted molar refractivity (Wildman–Crippen MR) is 91.9 cm³/mol. The molecule has 0 saturated heterocycles. The lowest BCUT2D eigenvalue weighted by atomic mass is 10.0. The SMILES string of the molecule is Cc1ccc(C2NNc3cnc(-c4c(F)cccc4C#N)nc32)cc1. The number of halogens is 1. The average Bonchev–Trinajstić information content (AvgIpc) is 3.05. The molecule has 6 heteroatoms. The predicted octanol–water partition coefficient (Wildman–Crippen LogP) is 3.48. The molecule has 0 aliphatic carbocycles. The Morgan fingerprint density at radius 3 is 2.72 bits per heavy atom. The Morgan fingerprint density at radius 2 is 1.96 bits per heavy atom. The van der Waals surface area contributed by atoms with Gasteiger partial charge in [0.25, 0.3) is 0 Å². The molecule has 122 valence electrons. The summed E-state index contributed by atoms with van der Waals surface area (Å²) >= 11 is 0. The maximum Gasteiger partial charge on any atom is 0.163 e. The third-order valence-corrected chi connectivity index (χ3v) is 4.21. The Kier molecular flexibility index (Phi) is 3.64. The van der Waals surface area contributed by atoms with Gasteiger partial charge < -0.3 is 5.43 Å². The summed E-state index contributed by atoms with van der Waals surface area (Å²) in [6.07, 6.45) is 1.60. The van der Waals surface area contributed by atoms with Crippen molar-refractivity contribution in [3.63, 3.8) is 0 Å². The maximum atomic E-state index is 14.3. The average molecular weight is 331 g/mol. The third-order valence-electron chi connectivity index (χ3n) is 4.21. The van der Waals surface area contributed by atoms with Gasteiger partial charge in [0, 0.05) is 0 Å². The highest BCUT2D eigenvalue weighted by molar-refractivity contribution is 5.67. The normalized spacial score (nSPS) is 15.3. The molecule has 2 aromatic carbocycles. The topological polar surface area (TPSA) is 73.6 Å². The van der Waals surface area contributed by atoms with Gasteiger partial charge in [0.05, 0.1) is 40.8 Å². The first kappa shape index (κ1) is 15.2. The van der Waals surface area contributed by atoms with Crippen molar-refractivity contribution in [2.45, 2.75) is 13.0 Å². The van der Waals surface area contributed by atoms with Crippen molar-refractivity contribution in [3.8, 4) is 17.5 Å². The van der Waals surface area contributed by atoms with E-state index in [1.807, 2.05) is 37.3 Å². The minimum Gasteiger partial charge on any atom is -0.317 e. The van der Waals surface area contributed by atoms with E-state index >= 15 is 0 Å². The van der Waals surface area contributed by atoms with Crippen molar-refractivity contribution in [1.82, 2.24) is 15.4 Å². The van der Waals surface area contributed by atoms with E-state index in [1.165, 1.54) is 17.7 Å². The molecule has 0 fully saturated rings. The summed E-state index contributed by atoms with van der Waals surface area (Å²) in [5.41, 5.74) is 10.2. The summed E-state index contributed by atoms with van der Waals surface area (Å²) in [5.74, 6) is -0.305. The molecule has 5 nitrogen and oxygen atoms in total. The summed E-state index contributed by atoms with van der Waals surface area (Å²) in [4.78, 5) is 8.77. The van der Waals surface area contributed by atoms with Crippen LogP contribution in [0.2, 0.25) is 0 Å². The Labute approximate surface area is 144 Å². The van der Waals surface area contributed by atoms with Gasteiger partial charge in [-0.15, -0.1) is 0 Å². The van der Waals surface area contributed by atoms with Crippen LogP contribution < -0.4 is 10.9 Å². The molecule has 1 unspecified atom stereocenters. The molecular formula is C19H14FN5. The minimum absolute atomic E-state index is 0.127. The number of anilines is 1. The molecule has 2 heterocycles. The molecule has 0 saturated carbocycles. The number of nitrogens with zero attached hydrogens (tertiary/aromatic N) is 3. The molecule has 1 aliphatic heterocycles. The van der Waals surface area contributed by atoms with Crippen LogP contribution in [0, 0.1) is 24.1 Å². The van der Waals surface area contributed by atoms with Crippen LogP contribution in [0.4, 0.5) is 10.1 Å². The second-order valence-corrected chi connectivity index (χ2v) is 5.88. The van der Waals surface area contributed by atoms with E-state index in [4.69, 9.17) is 0 Å². The molecule has 1 atom stereocenters. The lowest BCUT2D eigenvalue weighted by Gasteiger charge is -2.12. The zero-order valence-electron chi connectivity index (χ0n) is 13.4. The highest BCUT2D eigenvalue weighted by atomic mass is 19.1. The Morgan fingerprint density at radius 1 is 1.16 bits per heavy atom. The van der Waals surface area contributed by atoms with E-state index in [-0.39, 0.29) is 23.0 Å². The standard InChI is InChI=1S/C19H14FN5/c1-11-5-7-12(8-6-11)17-18-15(24-25-17)10-22-19(23-18)16-13(9-21)3-2-4-14(16)20/h2-8,10,17,24-25H,1H3. The number of benzene rings is 2. The van der Waals surface area contributed by atoms with E-state index in [0.717, 1.165) is 16.9 Å². The molecule has 1 aromatic heterocycles. The number of hydrogen-bond acceptors (Lipinski definition) is 5. The van der Waals surface area contributed by atoms with E-state index < -0.39 is 5.82 Å². The summed E-state index contributed by atoms with van der Waals surface area (Å²) < 4.78 is 14.3. The van der Waals surface area contributed by atoms with Gasteiger partial charge in [0.1, 0.15) is 5.82 Å².